The van der Waals surface area contributed by atoms with E-state index in [1.54, 1.807) is 0 Å². The molecule has 0 fully saturated rings. The van der Waals surface area contributed by atoms with Crippen LogP contribution in [-0.2, 0) is 6.42 Å². The zero-order valence-corrected chi connectivity index (χ0v) is 28.3. The molecule has 1 heteroatoms. The molecule has 0 N–H and O–H groups in total. The maximum atomic E-state index is 5.05. The first-order valence-electron chi connectivity index (χ1n) is 17.3. The molecule has 1 nitrogen and oxygen atoms in total. The first-order chi connectivity index (χ1) is 23.6. The quantitative estimate of drug-likeness (QED) is 0.121. The van der Waals surface area contributed by atoms with Crippen molar-refractivity contribution in [3.8, 4) is 11.1 Å². The van der Waals surface area contributed by atoms with Gasteiger partial charge in [0.15, 0.2) is 0 Å². The number of hydrogen-bond donors (Lipinski definition) is 0. The molecule has 0 radical (unpaired) electrons. The second kappa shape index (κ2) is 14.2. The number of allylic oxidation sites excluding steroid dienone is 13. The predicted octanol–water partition coefficient (Wildman–Crippen LogP) is 12.5. The van der Waals surface area contributed by atoms with Gasteiger partial charge in [0.25, 0.3) is 0 Å². The van der Waals surface area contributed by atoms with Crippen LogP contribution in [0.4, 0.5) is 0 Å². The molecule has 0 aromatic heterocycles. The van der Waals surface area contributed by atoms with Crippen molar-refractivity contribution >= 4 is 23.1 Å². The van der Waals surface area contributed by atoms with E-state index in [9.17, 15) is 0 Å². The zero-order valence-electron chi connectivity index (χ0n) is 28.3. The summed E-state index contributed by atoms with van der Waals surface area (Å²) in [5.41, 5.74) is 19.5. The van der Waals surface area contributed by atoms with Crippen LogP contribution in [-0.4, -0.2) is 6.21 Å². The Balaban J connectivity index is 1.21. The topological polar surface area (TPSA) is 12.4 Å². The van der Waals surface area contributed by atoms with E-state index in [-0.39, 0.29) is 0 Å². The number of rotatable bonds is 8. The number of fused-ring (bicyclic) bond motifs is 3. The van der Waals surface area contributed by atoms with Crippen LogP contribution >= 0.6 is 0 Å². The molecule has 236 valence electrons. The van der Waals surface area contributed by atoms with Crippen molar-refractivity contribution in [2.75, 3.05) is 0 Å². The fourth-order valence-electron chi connectivity index (χ4n) is 7.23. The van der Waals surface area contributed by atoms with Gasteiger partial charge in [-0.1, -0.05) is 133 Å². The molecular weight excluding hydrogens is 579 g/mol. The van der Waals surface area contributed by atoms with Gasteiger partial charge in [-0.25, -0.2) is 0 Å². The molecule has 0 amide bonds. The Bertz CT molecular complexity index is 2080. The van der Waals surface area contributed by atoms with E-state index in [2.05, 4.69) is 167 Å². The van der Waals surface area contributed by atoms with Crippen molar-refractivity contribution in [1.82, 2.24) is 0 Å². The van der Waals surface area contributed by atoms with Gasteiger partial charge >= 0.3 is 0 Å². The summed E-state index contributed by atoms with van der Waals surface area (Å²) < 4.78 is 0. The van der Waals surface area contributed by atoms with Gasteiger partial charge in [0.1, 0.15) is 0 Å². The second-order valence-corrected chi connectivity index (χ2v) is 13.1. The second-order valence-electron chi connectivity index (χ2n) is 13.1. The lowest BCUT2D eigenvalue weighted by atomic mass is 9.83. The van der Waals surface area contributed by atoms with Crippen LogP contribution in [0.5, 0.6) is 0 Å². The van der Waals surface area contributed by atoms with Crippen LogP contribution in [0.1, 0.15) is 79.8 Å². The highest BCUT2D eigenvalue weighted by atomic mass is 14.7. The highest BCUT2D eigenvalue weighted by Crippen LogP contribution is 2.42. The molecule has 0 unspecified atom stereocenters. The molecule has 0 saturated heterocycles. The van der Waals surface area contributed by atoms with Gasteiger partial charge in [-0.3, -0.25) is 4.99 Å². The molecule has 0 saturated carbocycles. The Labute approximate surface area is 286 Å². The molecule has 48 heavy (non-hydrogen) atoms. The van der Waals surface area contributed by atoms with Crippen LogP contribution in [0.3, 0.4) is 0 Å². The van der Waals surface area contributed by atoms with E-state index in [0.717, 1.165) is 43.4 Å². The maximum absolute atomic E-state index is 5.05. The summed E-state index contributed by atoms with van der Waals surface area (Å²) in [6.07, 6.45) is 23.5. The Hall–Kier alpha value is -5.27. The average molecular weight is 622 g/mol. The largest absolute Gasteiger partial charge is 0.256 e. The molecule has 0 heterocycles. The minimum absolute atomic E-state index is 0.969. The fraction of sp³-hybridized carbons (Fsp3) is 0.170. The van der Waals surface area contributed by atoms with Crippen molar-refractivity contribution in [1.29, 1.82) is 0 Å². The lowest BCUT2D eigenvalue weighted by Crippen LogP contribution is -2.02. The van der Waals surface area contributed by atoms with Gasteiger partial charge in [-0.05, 0) is 126 Å². The summed E-state index contributed by atoms with van der Waals surface area (Å²) >= 11 is 0. The lowest BCUT2D eigenvalue weighted by molar-refractivity contribution is 0.935. The van der Waals surface area contributed by atoms with E-state index >= 15 is 0 Å². The Morgan fingerprint density at radius 2 is 1.48 bits per heavy atom. The first-order valence-corrected chi connectivity index (χ1v) is 17.3. The number of aliphatic imine (C=N–C) groups is 1. The number of benzene rings is 4. The minimum atomic E-state index is 0.969. The summed E-state index contributed by atoms with van der Waals surface area (Å²) in [5.74, 6) is 0. The van der Waals surface area contributed by atoms with Gasteiger partial charge in [0.2, 0.25) is 0 Å². The average Bonchev–Trinajstić information content (AvgIpc) is 3.52. The van der Waals surface area contributed by atoms with Crippen molar-refractivity contribution in [3.63, 3.8) is 0 Å². The number of hydrogen-bond acceptors (Lipinski definition) is 1. The predicted molar refractivity (Wildman–Crippen MR) is 207 cm³/mol. The smallest absolute Gasteiger partial charge is 0.0688 e. The molecule has 0 aliphatic heterocycles. The first kappa shape index (κ1) is 31.3. The zero-order chi connectivity index (χ0) is 32.9. The highest BCUT2D eigenvalue weighted by molar-refractivity contribution is 5.97. The third-order valence-corrected chi connectivity index (χ3v) is 9.74. The van der Waals surface area contributed by atoms with E-state index in [1.165, 1.54) is 72.4 Å². The molecule has 4 aromatic rings. The van der Waals surface area contributed by atoms with Gasteiger partial charge in [-0.2, -0.15) is 0 Å². The fourth-order valence-corrected chi connectivity index (χ4v) is 7.23. The van der Waals surface area contributed by atoms with Crippen LogP contribution < -0.4 is 0 Å². The molecule has 4 aromatic carbocycles. The Morgan fingerprint density at radius 1 is 0.708 bits per heavy atom. The maximum Gasteiger partial charge on any atom is 0.0688 e. The van der Waals surface area contributed by atoms with Crippen molar-refractivity contribution in [2.24, 2.45) is 4.99 Å². The Morgan fingerprint density at radius 3 is 2.17 bits per heavy atom. The van der Waals surface area contributed by atoms with Crippen molar-refractivity contribution in [3.05, 3.63) is 195 Å². The van der Waals surface area contributed by atoms with Crippen LogP contribution in [0.2, 0.25) is 0 Å². The number of nitrogens with zero attached hydrogens (tertiary/aromatic N) is 1. The molecule has 0 atom stereocenters. The van der Waals surface area contributed by atoms with E-state index in [1.807, 2.05) is 0 Å². The van der Waals surface area contributed by atoms with E-state index < -0.39 is 0 Å². The van der Waals surface area contributed by atoms with E-state index in [0.29, 0.717) is 0 Å². The van der Waals surface area contributed by atoms with Crippen LogP contribution in [0, 0.1) is 0 Å². The van der Waals surface area contributed by atoms with Gasteiger partial charge in [-0.15, -0.1) is 0 Å². The molecule has 7 rings (SSSR count). The van der Waals surface area contributed by atoms with Crippen molar-refractivity contribution < 1.29 is 0 Å². The SMILES string of the molecule is C/C=C(\C=C(/C1=CC=CCC1)C1=CC=C(c2ccc3c(c2)-c2c(/C=N/C(=C(C)C)c4ccccc4)cccc2C3)CC1)c1ccccc1. The molecule has 0 bridgehead atoms. The summed E-state index contributed by atoms with van der Waals surface area (Å²) in [5, 5.41) is 0. The van der Waals surface area contributed by atoms with Gasteiger partial charge in [0, 0.05) is 17.3 Å². The lowest BCUT2D eigenvalue weighted by Gasteiger charge is -2.22. The van der Waals surface area contributed by atoms with Crippen LogP contribution in [0.15, 0.2) is 167 Å². The molecule has 3 aliphatic rings. The summed E-state index contributed by atoms with van der Waals surface area (Å²) in [4.78, 5) is 5.05. The van der Waals surface area contributed by atoms with Gasteiger partial charge in [0.05, 0.1) is 5.70 Å². The normalized spacial score (nSPS) is 15.9. The standard InChI is InChI=1S/C47H43N/c1-4-34(35-15-8-5-9-16-35)30-44(37-17-10-6-11-18-37)38-25-23-36(24-26-38)40-27-28-41-29-42-21-14-22-43(46(42)45(41)31-40)32-48-47(33(2)3)39-19-12-7-13-20-39/h4-10,12-17,19-23,25,27-28,30-32H,11,18,24,26,29H2,1-3H3/b34-4+,44-30+,48-32+. The third kappa shape index (κ3) is 6.60. The third-order valence-electron chi connectivity index (χ3n) is 9.74. The highest BCUT2D eigenvalue weighted by Gasteiger charge is 2.23. The summed E-state index contributed by atoms with van der Waals surface area (Å²) in [6.45, 7) is 6.42. The van der Waals surface area contributed by atoms with E-state index in [4.69, 9.17) is 4.99 Å². The summed E-state index contributed by atoms with van der Waals surface area (Å²) in [7, 11) is 0. The van der Waals surface area contributed by atoms with Crippen molar-refractivity contribution in [2.45, 2.75) is 52.9 Å². The molecule has 0 spiro atoms. The molecule has 3 aliphatic carbocycles. The molecular formula is C47H43N. The van der Waals surface area contributed by atoms with Crippen LogP contribution in [0.25, 0.3) is 28.0 Å². The van der Waals surface area contributed by atoms with Gasteiger partial charge < -0.3 is 0 Å². The minimum Gasteiger partial charge on any atom is -0.256 e. The summed E-state index contributed by atoms with van der Waals surface area (Å²) in [6, 6.07) is 35.0. The monoisotopic (exact) mass is 621 g/mol. The Kier molecular flexibility index (Phi) is 9.29.